The number of hydrogen-bond acceptors (Lipinski definition) is 4. The van der Waals surface area contributed by atoms with E-state index < -0.39 is 22.5 Å². The van der Waals surface area contributed by atoms with E-state index in [9.17, 15) is 18.0 Å². The van der Waals surface area contributed by atoms with Crippen LogP contribution in [0.1, 0.15) is 48.5 Å². The van der Waals surface area contributed by atoms with E-state index in [-0.39, 0.29) is 10.8 Å². The van der Waals surface area contributed by atoms with Crippen LogP contribution < -0.4 is 10.0 Å². The van der Waals surface area contributed by atoms with Gasteiger partial charge >= 0.3 is 5.97 Å². The summed E-state index contributed by atoms with van der Waals surface area (Å²) in [6, 6.07) is 13.0. The number of aryl methyl sites for hydroxylation is 1. The van der Waals surface area contributed by atoms with Crippen LogP contribution >= 0.6 is 0 Å². The minimum absolute atomic E-state index is 0.0795. The van der Waals surface area contributed by atoms with Gasteiger partial charge in [0, 0.05) is 11.3 Å². The van der Waals surface area contributed by atoms with Crippen molar-refractivity contribution >= 4 is 27.6 Å². The molecule has 1 amide bonds. The number of carbonyl (C=O) groups is 2. The second-order valence-corrected chi connectivity index (χ2v) is 8.47. The summed E-state index contributed by atoms with van der Waals surface area (Å²) in [7, 11) is -3.91. The van der Waals surface area contributed by atoms with Crippen LogP contribution in [0.15, 0.2) is 53.4 Å². The molecular formula is C21H26N2O5S. The lowest BCUT2D eigenvalue weighted by Gasteiger charge is -2.08. The number of hydrogen-bond donors (Lipinski definition) is 3. The summed E-state index contributed by atoms with van der Waals surface area (Å²) in [5, 5.41) is 11.3. The van der Waals surface area contributed by atoms with Gasteiger partial charge < -0.3 is 10.4 Å². The first-order valence-electron chi connectivity index (χ1n) is 9.53. The van der Waals surface area contributed by atoms with Crippen LogP contribution in [0.2, 0.25) is 0 Å². The third-order valence-electron chi connectivity index (χ3n) is 4.37. The van der Waals surface area contributed by atoms with Crippen LogP contribution in [0.5, 0.6) is 0 Å². The number of amides is 1. The van der Waals surface area contributed by atoms with Gasteiger partial charge in [-0.2, -0.15) is 4.72 Å². The number of unbranched alkanes of at least 4 members (excludes halogenated alkanes) is 3. The second kappa shape index (κ2) is 10.7. The molecule has 2 aromatic carbocycles. The van der Waals surface area contributed by atoms with E-state index in [1.54, 1.807) is 12.1 Å². The SMILES string of the molecule is CCCCCCc1ccc(C(=O)Nc2ccc(S(=O)(=O)NCC(=O)O)cc2)cc1. The number of anilines is 1. The highest BCUT2D eigenvalue weighted by molar-refractivity contribution is 7.89. The van der Waals surface area contributed by atoms with Gasteiger partial charge in [0.1, 0.15) is 6.54 Å². The van der Waals surface area contributed by atoms with Gasteiger partial charge in [-0.05, 0) is 54.8 Å². The van der Waals surface area contributed by atoms with Gasteiger partial charge in [-0.15, -0.1) is 0 Å². The quantitative estimate of drug-likeness (QED) is 0.484. The summed E-state index contributed by atoms with van der Waals surface area (Å²) in [6.45, 7) is 1.48. The molecule has 0 fully saturated rings. The summed E-state index contributed by atoms with van der Waals surface area (Å²) < 4.78 is 25.9. The molecule has 0 spiro atoms. The van der Waals surface area contributed by atoms with Crippen molar-refractivity contribution < 1.29 is 23.1 Å². The maximum atomic E-state index is 12.4. The molecule has 0 radical (unpaired) electrons. The van der Waals surface area contributed by atoms with Gasteiger partial charge in [0.05, 0.1) is 4.90 Å². The summed E-state index contributed by atoms with van der Waals surface area (Å²) in [4.78, 5) is 22.8. The molecule has 0 saturated carbocycles. The maximum Gasteiger partial charge on any atom is 0.318 e. The van der Waals surface area contributed by atoms with Crippen molar-refractivity contribution in [2.24, 2.45) is 0 Å². The number of carboxylic acid groups (broad SMARTS) is 1. The average molecular weight is 419 g/mol. The van der Waals surface area contributed by atoms with Crippen LogP contribution in [0.25, 0.3) is 0 Å². The summed E-state index contributed by atoms with van der Waals surface area (Å²) in [5.41, 5.74) is 2.15. The molecule has 8 heteroatoms. The minimum atomic E-state index is -3.91. The first-order chi connectivity index (χ1) is 13.8. The molecule has 0 heterocycles. The molecule has 0 saturated heterocycles. The topological polar surface area (TPSA) is 113 Å². The zero-order valence-electron chi connectivity index (χ0n) is 16.3. The Balaban J connectivity index is 1.94. The molecule has 2 aromatic rings. The number of benzene rings is 2. The lowest BCUT2D eigenvalue weighted by molar-refractivity contribution is -0.135. The molecule has 7 nitrogen and oxygen atoms in total. The van der Waals surface area contributed by atoms with Crippen LogP contribution in [0.4, 0.5) is 5.69 Å². The molecule has 0 aromatic heterocycles. The van der Waals surface area contributed by atoms with E-state index in [4.69, 9.17) is 5.11 Å². The molecule has 29 heavy (non-hydrogen) atoms. The highest BCUT2D eigenvalue weighted by Gasteiger charge is 2.15. The summed E-state index contributed by atoms with van der Waals surface area (Å²) in [6.07, 6.45) is 5.76. The Hall–Kier alpha value is -2.71. The maximum absolute atomic E-state index is 12.4. The molecule has 0 unspecified atom stereocenters. The van der Waals surface area contributed by atoms with Gasteiger partial charge in [0.2, 0.25) is 10.0 Å². The van der Waals surface area contributed by atoms with Crippen LogP contribution in [0, 0.1) is 0 Å². The number of aliphatic carboxylic acids is 1. The Morgan fingerprint density at radius 3 is 2.17 bits per heavy atom. The van der Waals surface area contributed by atoms with Crippen LogP contribution in [0.3, 0.4) is 0 Å². The normalized spacial score (nSPS) is 11.2. The number of rotatable bonds is 11. The highest BCUT2D eigenvalue weighted by atomic mass is 32.2. The Bertz CT molecular complexity index is 923. The predicted molar refractivity (Wildman–Crippen MR) is 112 cm³/mol. The fraction of sp³-hybridized carbons (Fsp3) is 0.333. The third-order valence-corrected chi connectivity index (χ3v) is 5.79. The molecule has 0 aliphatic heterocycles. The molecule has 2 rings (SSSR count). The van der Waals surface area contributed by atoms with Gasteiger partial charge in [-0.25, -0.2) is 8.42 Å². The second-order valence-electron chi connectivity index (χ2n) is 6.70. The first-order valence-corrected chi connectivity index (χ1v) is 11.0. The predicted octanol–water partition coefficient (Wildman–Crippen LogP) is 3.42. The van der Waals surface area contributed by atoms with E-state index >= 15 is 0 Å². The highest BCUT2D eigenvalue weighted by Crippen LogP contribution is 2.16. The number of nitrogens with one attached hydrogen (secondary N) is 2. The van der Waals surface area contributed by atoms with E-state index in [2.05, 4.69) is 12.2 Å². The van der Waals surface area contributed by atoms with Gasteiger partial charge in [0.25, 0.3) is 5.91 Å². The van der Waals surface area contributed by atoms with Crippen molar-refractivity contribution in [1.29, 1.82) is 0 Å². The average Bonchev–Trinajstić information content (AvgIpc) is 2.70. The largest absolute Gasteiger partial charge is 0.480 e. The Morgan fingerprint density at radius 2 is 1.59 bits per heavy atom. The van der Waals surface area contributed by atoms with Crippen molar-refractivity contribution in [1.82, 2.24) is 4.72 Å². The molecule has 0 aliphatic rings. The Labute approximate surface area is 171 Å². The molecule has 0 atom stereocenters. The minimum Gasteiger partial charge on any atom is -0.480 e. The fourth-order valence-electron chi connectivity index (χ4n) is 2.74. The monoisotopic (exact) mass is 418 g/mol. The Morgan fingerprint density at radius 1 is 0.931 bits per heavy atom. The van der Waals surface area contributed by atoms with Crippen molar-refractivity contribution in [3.63, 3.8) is 0 Å². The zero-order chi connectivity index (χ0) is 21.3. The number of carbonyl (C=O) groups excluding carboxylic acids is 1. The van der Waals surface area contributed by atoms with Crippen molar-refractivity contribution in [3.8, 4) is 0 Å². The molecule has 0 aliphatic carbocycles. The van der Waals surface area contributed by atoms with Gasteiger partial charge in [-0.1, -0.05) is 38.3 Å². The van der Waals surface area contributed by atoms with Crippen LogP contribution in [-0.2, 0) is 21.2 Å². The molecule has 0 bridgehead atoms. The van der Waals surface area contributed by atoms with Gasteiger partial charge in [-0.3, -0.25) is 9.59 Å². The number of carboxylic acids is 1. The first kappa shape index (κ1) is 22.6. The van der Waals surface area contributed by atoms with Gasteiger partial charge in [0.15, 0.2) is 0 Å². The fourth-order valence-corrected chi connectivity index (χ4v) is 3.71. The lowest BCUT2D eigenvalue weighted by Crippen LogP contribution is -2.29. The summed E-state index contributed by atoms with van der Waals surface area (Å²) >= 11 is 0. The Kier molecular flexibility index (Phi) is 8.35. The molecule has 156 valence electrons. The zero-order valence-corrected chi connectivity index (χ0v) is 17.2. The van der Waals surface area contributed by atoms with Crippen LogP contribution in [-0.4, -0.2) is 31.9 Å². The van der Waals surface area contributed by atoms with E-state index in [1.165, 1.54) is 49.1 Å². The van der Waals surface area contributed by atoms with Crippen molar-refractivity contribution in [3.05, 3.63) is 59.7 Å². The molecular weight excluding hydrogens is 392 g/mol. The smallest absolute Gasteiger partial charge is 0.318 e. The number of sulfonamides is 1. The van der Waals surface area contributed by atoms with Crippen molar-refractivity contribution in [2.45, 2.75) is 43.9 Å². The van der Waals surface area contributed by atoms with E-state index in [0.29, 0.717) is 11.3 Å². The van der Waals surface area contributed by atoms with Crippen molar-refractivity contribution in [2.75, 3.05) is 11.9 Å². The lowest BCUT2D eigenvalue weighted by atomic mass is 10.0. The summed E-state index contributed by atoms with van der Waals surface area (Å²) in [5.74, 6) is -1.56. The van der Waals surface area contributed by atoms with E-state index in [0.717, 1.165) is 12.8 Å². The molecule has 3 N–H and O–H groups in total. The standard InChI is InChI=1S/C21H26N2O5S/c1-2-3-4-5-6-16-7-9-17(10-8-16)21(26)23-18-11-13-19(14-12-18)29(27,28)22-15-20(24)25/h7-14,22H,2-6,15H2,1H3,(H,23,26)(H,24,25). The van der Waals surface area contributed by atoms with E-state index in [1.807, 2.05) is 16.9 Å². The third kappa shape index (κ3) is 7.32.